The van der Waals surface area contributed by atoms with Gasteiger partial charge in [-0.2, -0.15) is 26.7 Å². The molecule has 1 atom stereocenters. The topological polar surface area (TPSA) is 86.0 Å². The summed E-state index contributed by atoms with van der Waals surface area (Å²) in [5.41, 5.74) is 7.93. The Morgan fingerprint density at radius 2 is 2.12 bits per heavy atom. The first-order valence-corrected chi connectivity index (χ1v) is 9.38. The van der Waals surface area contributed by atoms with Crippen molar-refractivity contribution >= 4 is 29.3 Å². The Labute approximate surface area is 146 Å². The molecule has 0 radical (unpaired) electrons. The quantitative estimate of drug-likeness (QED) is 0.830. The minimum Gasteiger partial charge on any atom is -0.377 e. The number of hydrogen-bond donors (Lipinski definition) is 2. The standard InChI is InChI=1S/C17H23N5OS/c1-12-6-2-3-8-14(12)19-17-21-15(20-16(18)22-17)11-24-10-13-7-4-5-9-23-13/h2-3,6,8,13H,4-5,7,9-11H2,1H3,(H3,18,19,20,21,22)/t13-/m1/s1. The van der Waals surface area contributed by atoms with Crippen molar-refractivity contribution in [3.8, 4) is 0 Å². The second kappa shape index (κ2) is 8.30. The van der Waals surface area contributed by atoms with Crippen LogP contribution in [0.2, 0.25) is 0 Å². The lowest BCUT2D eigenvalue weighted by molar-refractivity contribution is 0.0315. The number of benzene rings is 1. The molecule has 1 aliphatic heterocycles. The van der Waals surface area contributed by atoms with Crippen LogP contribution in [0.25, 0.3) is 0 Å². The third-order valence-electron chi connectivity index (χ3n) is 3.90. The number of nitrogens with two attached hydrogens (primary N) is 1. The van der Waals surface area contributed by atoms with Crippen molar-refractivity contribution in [3.63, 3.8) is 0 Å². The van der Waals surface area contributed by atoms with Crippen molar-refractivity contribution in [3.05, 3.63) is 35.7 Å². The minimum atomic E-state index is 0.241. The molecule has 0 saturated carbocycles. The molecule has 2 heterocycles. The highest BCUT2D eigenvalue weighted by Crippen LogP contribution is 2.21. The first-order chi connectivity index (χ1) is 11.7. The number of para-hydroxylation sites is 1. The summed E-state index contributed by atoms with van der Waals surface area (Å²) < 4.78 is 5.74. The van der Waals surface area contributed by atoms with E-state index in [2.05, 4.69) is 20.3 Å². The number of nitrogens with zero attached hydrogens (tertiary/aromatic N) is 3. The highest BCUT2D eigenvalue weighted by molar-refractivity contribution is 7.98. The largest absolute Gasteiger partial charge is 0.377 e. The van der Waals surface area contributed by atoms with Crippen LogP contribution in [0, 0.1) is 6.92 Å². The molecule has 128 valence electrons. The summed E-state index contributed by atoms with van der Waals surface area (Å²) in [5.74, 6) is 3.09. The number of thioether (sulfide) groups is 1. The number of hydrogen-bond acceptors (Lipinski definition) is 7. The van der Waals surface area contributed by atoms with E-state index in [1.807, 2.05) is 31.2 Å². The van der Waals surface area contributed by atoms with E-state index in [4.69, 9.17) is 10.5 Å². The minimum absolute atomic E-state index is 0.241. The van der Waals surface area contributed by atoms with Crippen LogP contribution in [0.5, 0.6) is 0 Å². The highest BCUT2D eigenvalue weighted by Gasteiger charge is 2.14. The maximum absolute atomic E-state index is 5.83. The normalized spacial score (nSPS) is 17.6. The van der Waals surface area contributed by atoms with Gasteiger partial charge in [0, 0.05) is 18.0 Å². The molecule has 3 rings (SSSR count). The first-order valence-electron chi connectivity index (χ1n) is 8.23. The smallest absolute Gasteiger partial charge is 0.232 e. The van der Waals surface area contributed by atoms with Crippen LogP contribution in [0.3, 0.4) is 0 Å². The molecule has 1 aromatic carbocycles. The summed E-state index contributed by atoms with van der Waals surface area (Å²) in [7, 11) is 0. The van der Waals surface area contributed by atoms with Crippen LogP contribution < -0.4 is 11.1 Å². The predicted octanol–water partition coefficient (Wildman–Crippen LogP) is 3.31. The lowest BCUT2D eigenvalue weighted by Gasteiger charge is -2.21. The van der Waals surface area contributed by atoms with Gasteiger partial charge in [-0.25, -0.2) is 0 Å². The Morgan fingerprint density at radius 3 is 2.92 bits per heavy atom. The van der Waals surface area contributed by atoms with Gasteiger partial charge >= 0.3 is 0 Å². The van der Waals surface area contributed by atoms with Crippen LogP contribution in [0.15, 0.2) is 24.3 Å². The SMILES string of the molecule is Cc1ccccc1Nc1nc(N)nc(CSC[C@H]2CCCCO2)n1. The molecule has 2 aromatic rings. The van der Waals surface area contributed by atoms with Gasteiger partial charge < -0.3 is 15.8 Å². The van der Waals surface area contributed by atoms with Crippen molar-refractivity contribution in [2.75, 3.05) is 23.4 Å². The first kappa shape index (κ1) is 17.0. The van der Waals surface area contributed by atoms with Crippen LogP contribution in [0.1, 0.15) is 30.7 Å². The van der Waals surface area contributed by atoms with Gasteiger partial charge in [0.25, 0.3) is 0 Å². The zero-order valence-corrected chi connectivity index (χ0v) is 14.7. The van der Waals surface area contributed by atoms with Gasteiger partial charge in [-0.1, -0.05) is 18.2 Å². The Hall–Kier alpha value is -1.86. The predicted molar refractivity (Wildman–Crippen MR) is 98.5 cm³/mol. The highest BCUT2D eigenvalue weighted by atomic mass is 32.2. The molecule has 6 nitrogen and oxygen atoms in total. The summed E-state index contributed by atoms with van der Waals surface area (Å²) in [4.78, 5) is 12.9. The molecule has 0 unspecified atom stereocenters. The van der Waals surface area contributed by atoms with Gasteiger partial charge in [0.2, 0.25) is 11.9 Å². The number of anilines is 3. The molecular weight excluding hydrogens is 322 g/mol. The number of rotatable bonds is 6. The molecule has 24 heavy (non-hydrogen) atoms. The van der Waals surface area contributed by atoms with E-state index >= 15 is 0 Å². The van der Waals surface area contributed by atoms with E-state index in [0.29, 0.717) is 23.6 Å². The number of aryl methyl sites for hydroxylation is 1. The van der Waals surface area contributed by atoms with Gasteiger partial charge in [-0.05, 0) is 37.8 Å². The monoisotopic (exact) mass is 345 g/mol. The zero-order valence-electron chi connectivity index (χ0n) is 13.9. The maximum atomic E-state index is 5.83. The zero-order chi connectivity index (χ0) is 16.8. The molecule has 1 saturated heterocycles. The summed E-state index contributed by atoms with van der Waals surface area (Å²) >= 11 is 1.78. The molecule has 7 heteroatoms. The molecule has 0 spiro atoms. The summed E-state index contributed by atoms with van der Waals surface area (Å²) in [6.07, 6.45) is 3.94. The Kier molecular flexibility index (Phi) is 5.87. The summed E-state index contributed by atoms with van der Waals surface area (Å²) in [6.45, 7) is 2.92. The number of aromatic nitrogens is 3. The number of nitrogen functional groups attached to an aromatic ring is 1. The molecule has 1 aromatic heterocycles. The van der Waals surface area contributed by atoms with Crippen LogP contribution in [0.4, 0.5) is 17.6 Å². The number of nitrogens with one attached hydrogen (secondary N) is 1. The molecular formula is C17H23N5OS. The van der Waals surface area contributed by atoms with E-state index in [1.165, 1.54) is 12.8 Å². The van der Waals surface area contributed by atoms with Crippen LogP contribution >= 0.6 is 11.8 Å². The molecule has 0 amide bonds. The molecule has 0 bridgehead atoms. The molecule has 1 fully saturated rings. The second-order valence-corrected chi connectivity index (χ2v) is 6.91. The van der Waals surface area contributed by atoms with Crippen molar-refractivity contribution in [2.45, 2.75) is 38.0 Å². The summed E-state index contributed by atoms with van der Waals surface area (Å²) in [6, 6.07) is 8.00. The lowest BCUT2D eigenvalue weighted by atomic mass is 10.1. The Morgan fingerprint density at radius 1 is 1.25 bits per heavy atom. The van der Waals surface area contributed by atoms with Crippen LogP contribution in [-0.2, 0) is 10.5 Å². The average Bonchev–Trinajstić information content (AvgIpc) is 2.57. The van der Waals surface area contributed by atoms with E-state index in [0.717, 1.165) is 30.0 Å². The van der Waals surface area contributed by atoms with Crippen molar-refractivity contribution in [1.29, 1.82) is 0 Å². The fourth-order valence-corrected chi connectivity index (χ4v) is 3.57. The molecule has 1 aliphatic rings. The van der Waals surface area contributed by atoms with Gasteiger partial charge in [0.1, 0.15) is 5.82 Å². The second-order valence-electron chi connectivity index (χ2n) is 5.88. The molecule has 0 aliphatic carbocycles. The van der Waals surface area contributed by atoms with Gasteiger partial charge in [-0.15, -0.1) is 0 Å². The van der Waals surface area contributed by atoms with Gasteiger partial charge in [0.05, 0.1) is 11.9 Å². The third-order valence-corrected chi connectivity index (χ3v) is 4.97. The van der Waals surface area contributed by atoms with E-state index < -0.39 is 0 Å². The fourth-order valence-electron chi connectivity index (χ4n) is 2.61. The maximum Gasteiger partial charge on any atom is 0.232 e. The Balaban J connectivity index is 1.60. The van der Waals surface area contributed by atoms with Crippen molar-refractivity contribution in [1.82, 2.24) is 15.0 Å². The van der Waals surface area contributed by atoms with E-state index in [-0.39, 0.29) is 5.95 Å². The third kappa shape index (κ3) is 4.82. The van der Waals surface area contributed by atoms with Crippen LogP contribution in [-0.4, -0.2) is 33.4 Å². The Bertz CT molecular complexity index is 676. The number of ether oxygens (including phenoxy) is 1. The lowest BCUT2D eigenvalue weighted by Crippen LogP contribution is -2.21. The summed E-state index contributed by atoms with van der Waals surface area (Å²) in [5, 5.41) is 3.22. The van der Waals surface area contributed by atoms with E-state index in [1.54, 1.807) is 11.8 Å². The van der Waals surface area contributed by atoms with Gasteiger partial charge in [0.15, 0.2) is 0 Å². The fraction of sp³-hybridized carbons (Fsp3) is 0.471. The van der Waals surface area contributed by atoms with E-state index in [9.17, 15) is 0 Å². The average molecular weight is 345 g/mol. The van der Waals surface area contributed by atoms with Crippen molar-refractivity contribution in [2.24, 2.45) is 0 Å². The van der Waals surface area contributed by atoms with Gasteiger partial charge in [-0.3, -0.25) is 0 Å². The van der Waals surface area contributed by atoms with Crippen molar-refractivity contribution < 1.29 is 4.74 Å². The molecule has 3 N–H and O–H groups in total.